The first kappa shape index (κ1) is 11.6. The molecule has 0 fully saturated rings. The van der Waals surface area contributed by atoms with Crippen molar-refractivity contribution in [2.45, 2.75) is 6.54 Å². The third-order valence-electron chi connectivity index (χ3n) is 1.99. The number of phenols is 1. The van der Waals surface area contributed by atoms with Gasteiger partial charge < -0.3 is 15.3 Å². The summed E-state index contributed by atoms with van der Waals surface area (Å²) < 4.78 is 5.25. The van der Waals surface area contributed by atoms with E-state index in [9.17, 15) is 9.90 Å². The maximum atomic E-state index is 11.5. The second-order valence-corrected chi connectivity index (χ2v) is 2.93. The number of rotatable bonds is 1. The van der Waals surface area contributed by atoms with Gasteiger partial charge in [0.1, 0.15) is 5.76 Å². The van der Waals surface area contributed by atoms with Crippen molar-refractivity contribution < 1.29 is 9.52 Å². The van der Waals surface area contributed by atoms with Crippen LogP contribution in [0, 0.1) is 0 Å². The van der Waals surface area contributed by atoms with Crippen LogP contribution in [-0.4, -0.2) is 5.11 Å². The third kappa shape index (κ3) is 1.95. The molecule has 3 N–H and O–H groups in total. The Morgan fingerprint density at radius 3 is 2.80 bits per heavy atom. The number of hydrogen-bond acceptors (Lipinski definition) is 4. The predicted molar refractivity (Wildman–Crippen MR) is 59.3 cm³/mol. The highest BCUT2D eigenvalue weighted by molar-refractivity contribution is 5.85. The van der Waals surface area contributed by atoms with Gasteiger partial charge in [0, 0.05) is 6.07 Å². The summed E-state index contributed by atoms with van der Waals surface area (Å²) in [6, 6.07) is 5.99. The average Bonchev–Trinajstić information content (AvgIpc) is 2.19. The van der Waals surface area contributed by atoms with Gasteiger partial charge in [0.05, 0.1) is 11.9 Å². The van der Waals surface area contributed by atoms with Crippen molar-refractivity contribution in [3.63, 3.8) is 0 Å². The Hall–Kier alpha value is -1.52. The summed E-state index contributed by atoms with van der Waals surface area (Å²) in [5, 5.41) is 9.81. The first-order valence-corrected chi connectivity index (χ1v) is 4.17. The molecule has 1 heterocycles. The molecule has 15 heavy (non-hydrogen) atoms. The lowest BCUT2D eigenvalue weighted by Crippen LogP contribution is -2.05. The molecule has 0 unspecified atom stereocenters. The Kier molecular flexibility index (Phi) is 3.34. The van der Waals surface area contributed by atoms with Crippen LogP contribution < -0.4 is 11.2 Å². The molecular formula is C10H10ClNO3. The molecule has 0 saturated heterocycles. The highest BCUT2D eigenvalue weighted by Gasteiger charge is 2.06. The predicted octanol–water partition coefficient (Wildman–Crippen LogP) is 1.38. The molecule has 0 atom stereocenters. The van der Waals surface area contributed by atoms with Gasteiger partial charge in [0.15, 0.2) is 16.8 Å². The van der Waals surface area contributed by atoms with E-state index in [1.54, 1.807) is 12.1 Å². The summed E-state index contributed by atoms with van der Waals surface area (Å²) in [7, 11) is 0. The van der Waals surface area contributed by atoms with Crippen LogP contribution in [0.3, 0.4) is 0 Å². The Bertz CT molecular complexity index is 536. The van der Waals surface area contributed by atoms with Crippen LogP contribution in [-0.2, 0) is 6.54 Å². The van der Waals surface area contributed by atoms with Crippen molar-refractivity contribution in [3.8, 4) is 5.75 Å². The van der Waals surface area contributed by atoms with E-state index >= 15 is 0 Å². The third-order valence-corrected chi connectivity index (χ3v) is 1.99. The van der Waals surface area contributed by atoms with E-state index in [2.05, 4.69) is 0 Å². The Balaban J connectivity index is 0.00000112. The molecule has 0 radical (unpaired) electrons. The number of fused-ring (bicyclic) bond motifs is 1. The van der Waals surface area contributed by atoms with Gasteiger partial charge in [-0.05, 0) is 12.1 Å². The van der Waals surface area contributed by atoms with E-state index in [-0.39, 0.29) is 35.7 Å². The highest BCUT2D eigenvalue weighted by atomic mass is 35.5. The van der Waals surface area contributed by atoms with Crippen LogP contribution >= 0.6 is 12.4 Å². The lowest BCUT2D eigenvalue weighted by Gasteiger charge is -2.01. The zero-order valence-electron chi connectivity index (χ0n) is 7.77. The standard InChI is InChI=1S/C10H9NO3.ClH/c11-5-6-4-9(13)7-2-1-3-8(12)10(7)14-6;/h1-4,12H,5,11H2;1H. The summed E-state index contributed by atoms with van der Waals surface area (Å²) in [6.07, 6.45) is 0. The van der Waals surface area contributed by atoms with Crippen LogP contribution in [0.5, 0.6) is 5.75 Å². The van der Waals surface area contributed by atoms with Crippen LogP contribution in [0.2, 0.25) is 0 Å². The van der Waals surface area contributed by atoms with E-state index < -0.39 is 0 Å². The zero-order chi connectivity index (χ0) is 10.1. The van der Waals surface area contributed by atoms with Gasteiger partial charge in [-0.25, -0.2) is 0 Å². The second-order valence-electron chi connectivity index (χ2n) is 2.93. The highest BCUT2D eigenvalue weighted by Crippen LogP contribution is 2.22. The van der Waals surface area contributed by atoms with E-state index in [1.807, 2.05) is 0 Å². The van der Waals surface area contributed by atoms with Crippen LogP contribution in [0.25, 0.3) is 11.0 Å². The maximum absolute atomic E-state index is 11.5. The van der Waals surface area contributed by atoms with Gasteiger partial charge >= 0.3 is 0 Å². The minimum atomic E-state index is -0.192. The molecule has 0 aliphatic heterocycles. The maximum Gasteiger partial charge on any atom is 0.193 e. The number of hydrogen-bond donors (Lipinski definition) is 2. The molecule has 2 aromatic rings. The molecule has 0 saturated carbocycles. The number of para-hydroxylation sites is 1. The van der Waals surface area contributed by atoms with Crippen molar-refractivity contribution in [1.29, 1.82) is 0 Å². The number of nitrogens with two attached hydrogens (primary N) is 1. The largest absolute Gasteiger partial charge is 0.504 e. The van der Waals surface area contributed by atoms with Crippen molar-refractivity contribution in [1.82, 2.24) is 0 Å². The first-order chi connectivity index (χ1) is 6.72. The lowest BCUT2D eigenvalue weighted by molar-refractivity contribution is 0.454. The van der Waals surface area contributed by atoms with Crippen LogP contribution in [0.15, 0.2) is 33.5 Å². The minimum absolute atomic E-state index is 0. The van der Waals surface area contributed by atoms with Crippen LogP contribution in [0.1, 0.15) is 5.76 Å². The summed E-state index contributed by atoms with van der Waals surface area (Å²) in [4.78, 5) is 11.5. The smallest absolute Gasteiger partial charge is 0.193 e. The average molecular weight is 228 g/mol. The molecule has 1 aromatic heterocycles. The Labute approximate surface area is 91.7 Å². The number of phenolic OH excluding ortho intramolecular Hbond substituents is 1. The summed E-state index contributed by atoms with van der Waals surface area (Å²) in [6.45, 7) is 0.138. The van der Waals surface area contributed by atoms with Gasteiger partial charge in [-0.1, -0.05) is 6.07 Å². The van der Waals surface area contributed by atoms with E-state index in [0.717, 1.165) is 0 Å². The number of benzene rings is 1. The molecule has 0 amide bonds. The minimum Gasteiger partial charge on any atom is -0.504 e. The molecule has 2 rings (SSSR count). The van der Waals surface area contributed by atoms with Crippen molar-refractivity contribution in [2.75, 3.05) is 0 Å². The molecule has 1 aromatic carbocycles. The van der Waals surface area contributed by atoms with E-state index in [1.165, 1.54) is 12.1 Å². The van der Waals surface area contributed by atoms with Gasteiger partial charge in [0.2, 0.25) is 0 Å². The first-order valence-electron chi connectivity index (χ1n) is 4.17. The van der Waals surface area contributed by atoms with Crippen molar-refractivity contribution in [3.05, 3.63) is 40.2 Å². The normalized spacial score (nSPS) is 9.93. The summed E-state index contributed by atoms with van der Waals surface area (Å²) in [5.74, 6) is 0.318. The molecule has 0 aliphatic rings. The fraction of sp³-hybridized carbons (Fsp3) is 0.100. The van der Waals surface area contributed by atoms with Gasteiger partial charge in [0.25, 0.3) is 0 Å². The molecule has 0 aliphatic carbocycles. The Morgan fingerprint density at radius 2 is 2.13 bits per heavy atom. The topological polar surface area (TPSA) is 76.5 Å². The molecule has 4 nitrogen and oxygen atoms in total. The van der Waals surface area contributed by atoms with Crippen LogP contribution in [0.4, 0.5) is 0 Å². The lowest BCUT2D eigenvalue weighted by atomic mass is 10.2. The monoisotopic (exact) mass is 227 g/mol. The number of aromatic hydroxyl groups is 1. The summed E-state index contributed by atoms with van der Waals surface area (Å²) in [5.41, 5.74) is 5.35. The van der Waals surface area contributed by atoms with Crippen molar-refractivity contribution in [2.24, 2.45) is 5.73 Å². The van der Waals surface area contributed by atoms with Gasteiger partial charge in [-0.3, -0.25) is 4.79 Å². The zero-order valence-corrected chi connectivity index (χ0v) is 8.58. The molecule has 0 bridgehead atoms. The second kappa shape index (κ2) is 4.33. The quantitative estimate of drug-likeness (QED) is 0.772. The van der Waals surface area contributed by atoms with Gasteiger partial charge in [-0.2, -0.15) is 0 Å². The molecule has 5 heteroatoms. The SMILES string of the molecule is Cl.NCc1cc(=O)c2cccc(O)c2o1. The number of halogens is 1. The fourth-order valence-corrected chi connectivity index (χ4v) is 1.31. The van der Waals surface area contributed by atoms with Crippen molar-refractivity contribution >= 4 is 23.4 Å². The Morgan fingerprint density at radius 1 is 1.40 bits per heavy atom. The molecular weight excluding hydrogens is 218 g/mol. The fourth-order valence-electron chi connectivity index (χ4n) is 1.31. The van der Waals surface area contributed by atoms with Gasteiger partial charge in [-0.15, -0.1) is 12.4 Å². The molecule has 80 valence electrons. The van der Waals surface area contributed by atoms with E-state index in [0.29, 0.717) is 11.1 Å². The molecule has 0 spiro atoms. The summed E-state index contributed by atoms with van der Waals surface area (Å²) >= 11 is 0. The van der Waals surface area contributed by atoms with E-state index in [4.69, 9.17) is 10.2 Å².